The fraction of sp³-hybridized carbons (Fsp3) is 0.581. The first-order valence-electron chi connectivity index (χ1n) is 13.3. The van der Waals surface area contributed by atoms with E-state index in [2.05, 4.69) is 68.4 Å². The first kappa shape index (κ1) is 24.6. The van der Waals surface area contributed by atoms with Gasteiger partial charge in [-0.1, -0.05) is 101 Å². The van der Waals surface area contributed by atoms with Crippen LogP contribution in [0.1, 0.15) is 108 Å². The van der Waals surface area contributed by atoms with Crippen molar-refractivity contribution in [2.24, 2.45) is 11.8 Å². The Morgan fingerprint density at radius 3 is 1.94 bits per heavy atom. The summed E-state index contributed by atoms with van der Waals surface area (Å²) in [5, 5.41) is 9.57. The van der Waals surface area contributed by atoms with E-state index in [0.29, 0.717) is 11.8 Å². The zero-order chi connectivity index (χ0) is 22.6. The zero-order valence-corrected chi connectivity index (χ0v) is 20.5. The number of hydrogen-bond donors (Lipinski definition) is 0. The van der Waals surface area contributed by atoms with Crippen LogP contribution < -0.4 is 0 Å². The van der Waals surface area contributed by atoms with E-state index in [1.807, 2.05) is 0 Å². The average molecular weight is 430 g/mol. The largest absolute Gasteiger partial charge is 0.198 e. The molecule has 1 saturated carbocycles. The van der Waals surface area contributed by atoms with Crippen molar-refractivity contribution < 1.29 is 0 Å². The van der Waals surface area contributed by atoms with Crippen molar-refractivity contribution in [3.05, 3.63) is 59.7 Å². The standard InChI is InChI=1S/C31H43N/c1-3-5-7-8-9-10-25-12-14-26(15-13-25)27-16-18-28(19-17-27)29-20-22-30(23-21-29)31(24-32)11-6-4-2/h12-19,29-31H,3-11,20-23H2,1-2H3/t29-,30-,31?. The lowest BCUT2D eigenvalue weighted by Crippen LogP contribution is -2.20. The Hall–Kier alpha value is -2.07. The molecule has 0 saturated heterocycles. The Balaban J connectivity index is 1.49. The van der Waals surface area contributed by atoms with Gasteiger partial charge in [0.05, 0.1) is 6.07 Å². The lowest BCUT2D eigenvalue weighted by molar-refractivity contribution is 0.257. The van der Waals surface area contributed by atoms with E-state index in [1.54, 1.807) is 0 Å². The van der Waals surface area contributed by atoms with Gasteiger partial charge >= 0.3 is 0 Å². The molecular formula is C31H43N. The minimum atomic E-state index is 0.276. The van der Waals surface area contributed by atoms with E-state index < -0.39 is 0 Å². The van der Waals surface area contributed by atoms with Gasteiger partial charge in [-0.25, -0.2) is 0 Å². The highest BCUT2D eigenvalue weighted by Crippen LogP contribution is 2.40. The van der Waals surface area contributed by atoms with Crippen molar-refractivity contribution in [2.45, 2.75) is 103 Å². The molecule has 1 heteroatoms. The number of nitrogens with zero attached hydrogens (tertiary/aromatic N) is 1. The molecule has 1 nitrogen and oxygen atoms in total. The second-order valence-corrected chi connectivity index (χ2v) is 9.97. The number of unbranched alkanes of at least 4 members (excludes halogenated alkanes) is 5. The molecule has 0 heterocycles. The number of benzene rings is 2. The molecule has 0 radical (unpaired) electrons. The number of nitriles is 1. The van der Waals surface area contributed by atoms with E-state index in [-0.39, 0.29) is 5.92 Å². The van der Waals surface area contributed by atoms with E-state index in [4.69, 9.17) is 0 Å². The van der Waals surface area contributed by atoms with Crippen LogP contribution >= 0.6 is 0 Å². The molecule has 1 atom stereocenters. The van der Waals surface area contributed by atoms with Crippen molar-refractivity contribution in [1.82, 2.24) is 0 Å². The molecule has 0 aliphatic heterocycles. The van der Waals surface area contributed by atoms with Gasteiger partial charge in [0.25, 0.3) is 0 Å². The molecule has 3 rings (SSSR count). The van der Waals surface area contributed by atoms with Gasteiger partial charge < -0.3 is 0 Å². The normalized spacial score (nSPS) is 19.4. The quantitative estimate of drug-likeness (QED) is 0.308. The predicted octanol–water partition coefficient (Wildman–Crippen LogP) is 9.47. The summed E-state index contributed by atoms with van der Waals surface area (Å²) in [6.07, 6.45) is 16.3. The molecule has 0 spiro atoms. The summed E-state index contributed by atoms with van der Waals surface area (Å²) in [6.45, 7) is 4.50. The number of hydrogen-bond acceptors (Lipinski definition) is 1. The van der Waals surface area contributed by atoms with Gasteiger partial charge in [0.15, 0.2) is 0 Å². The van der Waals surface area contributed by atoms with Crippen LogP contribution in [0.3, 0.4) is 0 Å². The highest BCUT2D eigenvalue weighted by atomic mass is 14.4. The van der Waals surface area contributed by atoms with Gasteiger partial charge in [-0.2, -0.15) is 5.26 Å². The Labute approximate surface area is 197 Å². The second-order valence-electron chi connectivity index (χ2n) is 9.97. The molecule has 1 aliphatic rings. The van der Waals surface area contributed by atoms with E-state index >= 15 is 0 Å². The van der Waals surface area contributed by atoms with Crippen LogP contribution in [0.2, 0.25) is 0 Å². The van der Waals surface area contributed by atoms with Crippen LogP contribution in [0.15, 0.2) is 48.5 Å². The third-order valence-corrected chi connectivity index (χ3v) is 7.61. The van der Waals surface area contributed by atoms with Crippen molar-refractivity contribution in [1.29, 1.82) is 5.26 Å². The van der Waals surface area contributed by atoms with Gasteiger partial charge in [0.2, 0.25) is 0 Å². The Morgan fingerprint density at radius 2 is 1.34 bits per heavy atom. The molecule has 0 aromatic heterocycles. The van der Waals surface area contributed by atoms with Gasteiger partial charge in [-0.3, -0.25) is 0 Å². The maximum Gasteiger partial charge on any atom is 0.0658 e. The predicted molar refractivity (Wildman–Crippen MR) is 138 cm³/mol. The summed E-state index contributed by atoms with van der Waals surface area (Å²) < 4.78 is 0. The third-order valence-electron chi connectivity index (χ3n) is 7.61. The molecule has 0 N–H and O–H groups in total. The molecule has 0 bridgehead atoms. The molecule has 172 valence electrons. The monoisotopic (exact) mass is 429 g/mol. The van der Waals surface area contributed by atoms with Gasteiger partial charge in [-0.15, -0.1) is 0 Å². The van der Waals surface area contributed by atoms with Crippen LogP contribution in [0.25, 0.3) is 11.1 Å². The first-order valence-corrected chi connectivity index (χ1v) is 13.3. The third kappa shape index (κ3) is 7.23. The fourth-order valence-corrected chi connectivity index (χ4v) is 5.43. The van der Waals surface area contributed by atoms with Gasteiger partial charge in [0, 0.05) is 5.92 Å². The fourth-order valence-electron chi connectivity index (χ4n) is 5.43. The summed E-state index contributed by atoms with van der Waals surface area (Å²) in [5.41, 5.74) is 5.59. The van der Waals surface area contributed by atoms with Gasteiger partial charge in [0.1, 0.15) is 0 Å². The second kappa shape index (κ2) is 13.5. The summed E-state index contributed by atoms with van der Waals surface area (Å²) >= 11 is 0. The summed E-state index contributed by atoms with van der Waals surface area (Å²) in [6, 6.07) is 21.1. The molecule has 2 aromatic carbocycles. The molecule has 1 fully saturated rings. The van der Waals surface area contributed by atoms with Crippen molar-refractivity contribution >= 4 is 0 Å². The highest BCUT2D eigenvalue weighted by molar-refractivity contribution is 5.64. The molecule has 2 aromatic rings. The molecule has 32 heavy (non-hydrogen) atoms. The molecule has 1 unspecified atom stereocenters. The van der Waals surface area contributed by atoms with Crippen LogP contribution in [0.4, 0.5) is 0 Å². The Morgan fingerprint density at radius 1 is 0.750 bits per heavy atom. The highest BCUT2D eigenvalue weighted by Gasteiger charge is 2.27. The molecular weight excluding hydrogens is 386 g/mol. The van der Waals surface area contributed by atoms with E-state index in [9.17, 15) is 5.26 Å². The Bertz CT molecular complexity index is 803. The number of rotatable bonds is 12. The maximum atomic E-state index is 9.57. The van der Waals surface area contributed by atoms with E-state index in [1.165, 1.54) is 99.3 Å². The summed E-state index contributed by atoms with van der Waals surface area (Å²) in [7, 11) is 0. The molecule has 1 aliphatic carbocycles. The van der Waals surface area contributed by atoms with Crippen molar-refractivity contribution in [3.8, 4) is 17.2 Å². The van der Waals surface area contributed by atoms with E-state index in [0.717, 1.165) is 6.42 Å². The molecule has 0 amide bonds. The Kier molecular flexibility index (Phi) is 10.3. The van der Waals surface area contributed by atoms with Crippen LogP contribution in [0.5, 0.6) is 0 Å². The van der Waals surface area contributed by atoms with Crippen molar-refractivity contribution in [3.63, 3.8) is 0 Å². The lowest BCUT2D eigenvalue weighted by atomic mass is 9.73. The van der Waals surface area contributed by atoms with Gasteiger partial charge in [-0.05, 0) is 79.0 Å². The van der Waals surface area contributed by atoms with Crippen LogP contribution in [0, 0.1) is 23.2 Å². The van der Waals surface area contributed by atoms with Crippen LogP contribution in [-0.4, -0.2) is 0 Å². The topological polar surface area (TPSA) is 23.8 Å². The maximum absolute atomic E-state index is 9.57. The summed E-state index contributed by atoms with van der Waals surface area (Å²) in [4.78, 5) is 0. The lowest BCUT2D eigenvalue weighted by Gasteiger charge is -2.31. The number of aryl methyl sites for hydroxylation is 1. The van der Waals surface area contributed by atoms with Crippen molar-refractivity contribution in [2.75, 3.05) is 0 Å². The zero-order valence-electron chi connectivity index (χ0n) is 20.5. The minimum absolute atomic E-state index is 0.276. The summed E-state index contributed by atoms with van der Waals surface area (Å²) in [5.74, 6) is 1.56. The SMILES string of the molecule is CCCCCCCc1ccc(-c2ccc([C@H]3CC[C@H](C(C#N)CCCC)CC3)cc2)cc1. The average Bonchev–Trinajstić information content (AvgIpc) is 2.85. The minimum Gasteiger partial charge on any atom is -0.198 e. The first-order chi connectivity index (χ1) is 15.7. The smallest absolute Gasteiger partial charge is 0.0658 e. The van der Waals surface area contributed by atoms with Crippen LogP contribution in [-0.2, 0) is 6.42 Å².